The van der Waals surface area contributed by atoms with Gasteiger partial charge in [-0.3, -0.25) is 9.59 Å². The monoisotopic (exact) mass is 343 g/mol. The summed E-state index contributed by atoms with van der Waals surface area (Å²) in [5.74, 6) is -0.319. The summed E-state index contributed by atoms with van der Waals surface area (Å²) >= 11 is 5.88. The van der Waals surface area contributed by atoms with Crippen LogP contribution in [0.5, 0.6) is 0 Å². The van der Waals surface area contributed by atoms with Crippen LogP contribution in [0.1, 0.15) is 33.2 Å². The van der Waals surface area contributed by atoms with Crippen molar-refractivity contribution in [1.82, 2.24) is 4.90 Å². The predicted molar refractivity (Wildman–Crippen MR) is 92.6 cm³/mol. The minimum Gasteiger partial charge on any atom is -0.375 e. The number of ether oxygens (including phenoxy) is 1. The molecular weight excluding hydrogens is 326 g/mol. The second kappa shape index (κ2) is 7.16. The van der Waals surface area contributed by atoms with Crippen molar-refractivity contribution in [1.29, 1.82) is 0 Å². The van der Waals surface area contributed by atoms with E-state index in [2.05, 4.69) is 0 Å². The Kier molecular flexibility index (Phi) is 4.97. The molecule has 1 unspecified atom stereocenters. The third-order valence-electron chi connectivity index (χ3n) is 4.04. The minimum atomic E-state index is -0.183. The van der Waals surface area contributed by atoms with Gasteiger partial charge in [0.2, 0.25) is 0 Å². The molecule has 2 aromatic carbocycles. The van der Waals surface area contributed by atoms with E-state index in [1.165, 1.54) is 0 Å². The van der Waals surface area contributed by atoms with E-state index in [4.69, 9.17) is 16.3 Å². The maximum atomic E-state index is 12.9. The fourth-order valence-corrected chi connectivity index (χ4v) is 2.92. The molecule has 0 radical (unpaired) electrons. The number of hydrogen-bond donors (Lipinski definition) is 0. The number of morpholine rings is 1. The van der Waals surface area contributed by atoms with E-state index in [1.807, 2.05) is 6.92 Å². The van der Waals surface area contributed by atoms with Crippen LogP contribution in [0.3, 0.4) is 0 Å². The average molecular weight is 344 g/mol. The van der Waals surface area contributed by atoms with Gasteiger partial charge in [0.1, 0.15) is 0 Å². The van der Waals surface area contributed by atoms with Gasteiger partial charge in [-0.05, 0) is 37.3 Å². The Morgan fingerprint density at radius 3 is 2.42 bits per heavy atom. The number of halogens is 1. The highest BCUT2D eigenvalue weighted by Gasteiger charge is 2.26. The summed E-state index contributed by atoms with van der Waals surface area (Å²) in [6.45, 7) is 3.51. The first-order valence-corrected chi connectivity index (χ1v) is 8.24. The molecule has 0 aliphatic carbocycles. The maximum Gasteiger partial charge on any atom is 0.254 e. The van der Waals surface area contributed by atoms with Crippen LogP contribution in [0, 0.1) is 0 Å². The number of carbonyl (C=O) groups is 2. The lowest BCUT2D eigenvalue weighted by Crippen LogP contribution is -2.44. The second-order valence-corrected chi connectivity index (χ2v) is 6.25. The Hall–Kier alpha value is -2.17. The molecule has 1 saturated heterocycles. The van der Waals surface area contributed by atoms with Crippen LogP contribution in [0.15, 0.2) is 48.5 Å². The van der Waals surface area contributed by atoms with Crippen LogP contribution in [0.25, 0.3) is 0 Å². The van der Waals surface area contributed by atoms with Crippen molar-refractivity contribution in [2.24, 2.45) is 0 Å². The molecule has 0 spiro atoms. The van der Waals surface area contributed by atoms with Gasteiger partial charge in [0.15, 0.2) is 5.78 Å². The molecule has 0 aromatic heterocycles. The molecule has 1 heterocycles. The van der Waals surface area contributed by atoms with Crippen molar-refractivity contribution in [2.45, 2.75) is 13.0 Å². The minimum absolute atomic E-state index is 0.00169. The first-order valence-electron chi connectivity index (χ1n) is 7.86. The van der Waals surface area contributed by atoms with Crippen molar-refractivity contribution < 1.29 is 14.3 Å². The van der Waals surface area contributed by atoms with Gasteiger partial charge in [-0.1, -0.05) is 29.8 Å². The van der Waals surface area contributed by atoms with Crippen molar-refractivity contribution in [2.75, 3.05) is 19.7 Å². The Bertz CT molecular complexity index is 757. The molecule has 24 heavy (non-hydrogen) atoms. The summed E-state index contributed by atoms with van der Waals surface area (Å²) in [6, 6.07) is 13.6. The average Bonchev–Trinajstić information content (AvgIpc) is 2.61. The first kappa shape index (κ1) is 16.7. The zero-order valence-electron chi connectivity index (χ0n) is 13.4. The standard InChI is InChI=1S/C19H18ClNO3/c1-13-12-21(10-11-24-13)19(23)17-5-3-2-4-16(17)18(22)14-6-8-15(20)9-7-14/h2-9,13H,10-12H2,1H3. The van der Waals surface area contributed by atoms with Crippen molar-refractivity contribution >= 4 is 23.3 Å². The SMILES string of the molecule is CC1CN(C(=O)c2ccccc2C(=O)c2ccc(Cl)cc2)CCO1. The van der Waals surface area contributed by atoms with E-state index >= 15 is 0 Å². The zero-order chi connectivity index (χ0) is 17.1. The van der Waals surface area contributed by atoms with Crippen LogP contribution >= 0.6 is 11.6 Å². The third-order valence-corrected chi connectivity index (χ3v) is 4.29. The van der Waals surface area contributed by atoms with Crippen molar-refractivity contribution in [3.63, 3.8) is 0 Å². The van der Waals surface area contributed by atoms with Crippen molar-refractivity contribution in [3.05, 3.63) is 70.2 Å². The smallest absolute Gasteiger partial charge is 0.254 e. The van der Waals surface area contributed by atoms with Crippen LogP contribution in [0.4, 0.5) is 0 Å². The van der Waals surface area contributed by atoms with Gasteiger partial charge in [0.05, 0.1) is 18.3 Å². The Morgan fingerprint density at radius 2 is 1.75 bits per heavy atom. The molecule has 2 aromatic rings. The van der Waals surface area contributed by atoms with Crippen LogP contribution in [-0.4, -0.2) is 42.4 Å². The summed E-state index contributed by atoms with van der Waals surface area (Å²) in [5, 5.41) is 0.568. The number of ketones is 1. The van der Waals surface area contributed by atoms with Crippen LogP contribution < -0.4 is 0 Å². The molecule has 0 N–H and O–H groups in total. The van der Waals surface area contributed by atoms with Gasteiger partial charge < -0.3 is 9.64 Å². The molecule has 1 amide bonds. The number of nitrogens with zero attached hydrogens (tertiary/aromatic N) is 1. The third kappa shape index (κ3) is 3.50. The van der Waals surface area contributed by atoms with Crippen LogP contribution in [0.2, 0.25) is 5.02 Å². The quantitative estimate of drug-likeness (QED) is 0.802. The molecule has 124 valence electrons. The van der Waals surface area contributed by atoms with Gasteiger partial charge in [-0.2, -0.15) is 0 Å². The molecule has 3 rings (SSSR count). The molecular formula is C19H18ClNO3. The summed E-state index contributed by atoms with van der Waals surface area (Å²) < 4.78 is 5.48. The van der Waals surface area contributed by atoms with Gasteiger partial charge in [0, 0.05) is 29.2 Å². The Labute approximate surface area is 146 Å². The number of carbonyl (C=O) groups excluding carboxylic acids is 2. The van der Waals surface area contributed by atoms with Gasteiger partial charge >= 0.3 is 0 Å². The number of benzene rings is 2. The van der Waals surface area contributed by atoms with E-state index in [0.717, 1.165) is 0 Å². The lowest BCUT2D eigenvalue weighted by Gasteiger charge is -2.31. The lowest BCUT2D eigenvalue weighted by atomic mass is 9.97. The van der Waals surface area contributed by atoms with Crippen molar-refractivity contribution in [3.8, 4) is 0 Å². The topological polar surface area (TPSA) is 46.6 Å². The highest BCUT2D eigenvalue weighted by atomic mass is 35.5. The van der Waals surface area contributed by atoms with E-state index in [1.54, 1.807) is 53.4 Å². The Balaban J connectivity index is 1.91. The van der Waals surface area contributed by atoms with Gasteiger partial charge in [-0.15, -0.1) is 0 Å². The first-order chi connectivity index (χ1) is 11.6. The number of rotatable bonds is 3. The molecule has 4 nitrogen and oxygen atoms in total. The van der Waals surface area contributed by atoms with E-state index in [9.17, 15) is 9.59 Å². The molecule has 1 aliphatic heterocycles. The predicted octanol–water partition coefficient (Wildman–Crippen LogP) is 3.43. The molecule has 0 saturated carbocycles. The summed E-state index contributed by atoms with van der Waals surface area (Å²) in [4.78, 5) is 27.4. The number of hydrogen-bond acceptors (Lipinski definition) is 3. The molecule has 5 heteroatoms. The molecule has 1 aliphatic rings. The van der Waals surface area contributed by atoms with Crippen LogP contribution in [-0.2, 0) is 4.74 Å². The largest absolute Gasteiger partial charge is 0.375 e. The highest BCUT2D eigenvalue weighted by Crippen LogP contribution is 2.19. The summed E-state index contributed by atoms with van der Waals surface area (Å²) in [6.07, 6.45) is 0.00169. The van der Waals surface area contributed by atoms with E-state index < -0.39 is 0 Å². The maximum absolute atomic E-state index is 12.9. The fourth-order valence-electron chi connectivity index (χ4n) is 2.80. The van der Waals surface area contributed by atoms with E-state index in [0.29, 0.717) is 41.4 Å². The Morgan fingerprint density at radius 1 is 1.08 bits per heavy atom. The summed E-state index contributed by atoms with van der Waals surface area (Å²) in [5.41, 5.74) is 1.34. The second-order valence-electron chi connectivity index (χ2n) is 5.81. The normalized spacial score (nSPS) is 17.6. The zero-order valence-corrected chi connectivity index (χ0v) is 14.1. The molecule has 1 atom stereocenters. The van der Waals surface area contributed by atoms with Gasteiger partial charge in [0.25, 0.3) is 5.91 Å². The molecule has 1 fully saturated rings. The van der Waals surface area contributed by atoms with Gasteiger partial charge in [-0.25, -0.2) is 0 Å². The molecule has 0 bridgehead atoms. The lowest BCUT2D eigenvalue weighted by molar-refractivity contribution is -0.0124. The van der Waals surface area contributed by atoms with E-state index in [-0.39, 0.29) is 17.8 Å². The number of amides is 1. The summed E-state index contributed by atoms with van der Waals surface area (Å²) in [7, 11) is 0. The highest BCUT2D eigenvalue weighted by molar-refractivity contribution is 6.30. The fraction of sp³-hybridized carbons (Fsp3) is 0.263.